The largest absolute Gasteiger partial charge is 0.374 e. The van der Waals surface area contributed by atoms with E-state index in [0.717, 1.165) is 0 Å². The number of imide groups is 1. The minimum absolute atomic E-state index is 0.148. The van der Waals surface area contributed by atoms with Crippen molar-refractivity contribution >= 4 is 40.8 Å². The number of rotatable bonds is 4. The Morgan fingerprint density at radius 1 is 1.13 bits per heavy atom. The first kappa shape index (κ1) is 18.8. The third-order valence-electron chi connectivity index (χ3n) is 2.47. The molecule has 0 spiro atoms. The summed E-state index contributed by atoms with van der Waals surface area (Å²) in [4.78, 5) is 34.5. The van der Waals surface area contributed by atoms with Gasteiger partial charge in [-0.1, -0.05) is 11.6 Å². The Morgan fingerprint density at radius 3 is 2.35 bits per heavy atom. The molecule has 4 N–H and O–H groups in total. The molecular weight excluding hydrogens is 320 g/mol. The summed E-state index contributed by atoms with van der Waals surface area (Å²) < 4.78 is 0. The highest BCUT2D eigenvalue weighted by molar-refractivity contribution is 6.31. The molecule has 0 heterocycles. The van der Waals surface area contributed by atoms with Crippen LogP contribution in [0, 0.1) is 0 Å². The molecule has 0 unspecified atom stereocenters. The van der Waals surface area contributed by atoms with Crippen LogP contribution in [0.3, 0.4) is 0 Å². The Kier molecular flexibility index (Phi) is 6.38. The number of hydrogen-bond donors (Lipinski definition) is 4. The molecule has 0 aliphatic heterocycles. The lowest BCUT2D eigenvalue weighted by molar-refractivity contribution is -0.118. The molecule has 1 aromatic rings. The first-order valence-electron chi connectivity index (χ1n) is 7.00. The van der Waals surface area contributed by atoms with E-state index in [4.69, 9.17) is 11.6 Å². The number of halogens is 1. The van der Waals surface area contributed by atoms with E-state index >= 15 is 0 Å². The van der Waals surface area contributed by atoms with Gasteiger partial charge in [-0.2, -0.15) is 0 Å². The second-order valence-corrected chi connectivity index (χ2v) is 6.41. The summed E-state index contributed by atoms with van der Waals surface area (Å²) in [5.74, 6) is -0.759. The highest BCUT2D eigenvalue weighted by atomic mass is 35.5. The molecule has 0 aliphatic rings. The molecule has 0 atom stereocenters. The maximum absolute atomic E-state index is 11.8. The first-order valence-corrected chi connectivity index (χ1v) is 7.37. The number of carbonyl (C=O) groups is 3. The van der Waals surface area contributed by atoms with Crippen LogP contribution in [0.1, 0.15) is 27.7 Å². The molecule has 0 aromatic heterocycles. The van der Waals surface area contributed by atoms with E-state index in [1.165, 1.54) is 6.92 Å². The van der Waals surface area contributed by atoms with Crippen LogP contribution in [0.2, 0.25) is 5.02 Å². The van der Waals surface area contributed by atoms with Crippen molar-refractivity contribution in [3.05, 3.63) is 23.2 Å². The molecule has 1 rings (SSSR count). The van der Waals surface area contributed by atoms with Gasteiger partial charge in [0, 0.05) is 17.5 Å². The fourth-order valence-electron chi connectivity index (χ4n) is 1.68. The standard InChI is InChI=1S/C15H21ClN4O3/c1-9(21)18-11-6-5-10(16)7-12(11)17-8-13(22)19-14(23)20-15(2,3)4/h5-7,17H,8H2,1-4H3,(H,18,21)(H2,19,20,22,23). The molecule has 0 fully saturated rings. The Labute approximate surface area is 140 Å². The van der Waals surface area contributed by atoms with Crippen molar-refractivity contribution in [3.8, 4) is 0 Å². The van der Waals surface area contributed by atoms with Crippen molar-refractivity contribution in [2.75, 3.05) is 17.2 Å². The lowest BCUT2D eigenvalue weighted by Crippen LogP contribution is -2.49. The van der Waals surface area contributed by atoms with Gasteiger partial charge in [0.25, 0.3) is 0 Å². The number of urea groups is 1. The number of nitrogens with one attached hydrogen (secondary N) is 4. The average molecular weight is 341 g/mol. The summed E-state index contributed by atoms with van der Waals surface area (Å²) in [6.45, 7) is 6.65. The van der Waals surface area contributed by atoms with Gasteiger partial charge in [0.2, 0.25) is 11.8 Å². The Balaban J connectivity index is 2.63. The number of hydrogen-bond acceptors (Lipinski definition) is 4. The van der Waals surface area contributed by atoms with Crippen LogP contribution >= 0.6 is 11.6 Å². The van der Waals surface area contributed by atoms with Crippen molar-refractivity contribution in [1.29, 1.82) is 0 Å². The highest BCUT2D eigenvalue weighted by Gasteiger charge is 2.15. The van der Waals surface area contributed by atoms with Crippen molar-refractivity contribution in [2.45, 2.75) is 33.2 Å². The summed E-state index contributed by atoms with van der Waals surface area (Å²) in [7, 11) is 0. The third kappa shape index (κ3) is 7.51. The molecule has 126 valence electrons. The number of carbonyl (C=O) groups excluding carboxylic acids is 3. The lowest BCUT2D eigenvalue weighted by atomic mass is 10.1. The summed E-state index contributed by atoms with van der Waals surface area (Å²) in [6.07, 6.45) is 0. The summed E-state index contributed by atoms with van der Waals surface area (Å²) in [5.41, 5.74) is 0.538. The van der Waals surface area contributed by atoms with Gasteiger partial charge < -0.3 is 16.0 Å². The van der Waals surface area contributed by atoms with E-state index < -0.39 is 17.5 Å². The highest BCUT2D eigenvalue weighted by Crippen LogP contribution is 2.25. The fourth-order valence-corrected chi connectivity index (χ4v) is 1.85. The van der Waals surface area contributed by atoms with Crippen molar-refractivity contribution < 1.29 is 14.4 Å². The van der Waals surface area contributed by atoms with Gasteiger partial charge in [-0.05, 0) is 39.0 Å². The van der Waals surface area contributed by atoms with Gasteiger partial charge in [-0.25, -0.2) is 4.79 Å². The van der Waals surface area contributed by atoms with Crippen LogP contribution in [0.25, 0.3) is 0 Å². The average Bonchev–Trinajstić information content (AvgIpc) is 2.36. The summed E-state index contributed by atoms with van der Waals surface area (Å²) in [5, 5.41) is 10.7. The van der Waals surface area contributed by atoms with Crippen molar-refractivity contribution in [2.24, 2.45) is 0 Å². The smallest absolute Gasteiger partial charge is 0.321 e. The van der Waals surface area contributed by atoms with E-state index in [9.17, 15) is 14.4 Å². The van der Waals surface area contributed by atoms with Gasteiger partial charge in [0.05, 0.1) is 17.9 Å². The maximum atomic E-state index is 11.8. The molecule has 4 amide bonds. The molecule has 0 radical (unpaired) electrons. The molecule has 1 aromatic carbocycles. The first-order chi connectivity index (χ1) is 10.6. The zero-order chi connectivity index (χ0) is 17.6. The van der Waals surface area contributed by atoms with Crippen LogP contribution in [0.15, 0.2) is 18.2 Å². The monoisotopic (exact) mass is 340 g/mol. The topological polar surface area (TPSA) is 99.3 Å². The predicted molar refractivity (Wildman–Crippen MR) is 90.7 cm³/mol. The molecule has 7 nitrogen and oxygen atoms in total. The quantitative estimate of drug-likeness (QED) is 0.676. The SMILES string of the molecule is CC(=O)Nc1ccc(Cl)cc1NCC(=O)NC(=O)NC(C)(C)C. The zero-order valence-corrected chi connectivity index (χ0v) is 14.3. The molecule has 0 bridgehead atoms. The second-order valence-electron chi connectivity index (χ2n) is 5.98. The van der Waals surface area contributed by atoms with Gasteiger partial charge in [-0.3, -0.25) is 14.9 Å². The second kappa shape index (κ2) is 7.82. The molecule has 0 aliphatic carbocycles. The maximum Gasteiger partial charge on any atom is 0.321 e. The number of benzene rings is 1. The third-order valence-corrected chi connectivity index (χ3v) is 2.71. The summed E-state index contributed by atoms with van der Waals surface area (Å²) >= 11 is 5.91. The van der Waals surface area contributed by atoms with Crippen LogP contribution < -0.4 is 21.3 Å². The number of amides is 4. The van der Waals surface area contributed by atoms with Crippen LogP contribution in [0.4, 0.5) is 16.2 Å². The Bertz CT molecular complexity index is 611. The minimum Gasteiger partial charge on any atom is -0.374 e. The zero-order valence-electron chi connectivity index (χ0n) is 13.5. The molecule has 23 heavy (non-hydrogen) atoms. The van der Waals surface area contributed by atoms with Crippen molar-refractivity contribution in [1.82, 2.24) is 10.6 Å². The van der Waals surface area contributed by atoms with Crippen molar-refractivity contribution in [3.63, 3.8) is 0 Å². The van der Waals surface area contributed by atoms with Gasteiger partial charge in [0.15, 0.2) is 0 Å². The van der Waals surface area contributed by atoms with E-state index in [2.05, 4.69) is 21.3 Å². The van der Waals surface area contributed by atoms with Gasteiger partial charge in [-0.15, -0.1) is 0 Å². The predicted octanol–water partition coefficient (Wildman–Crippen LogP) is 2.33. The fraction of sp³-hybridized carbons (Fsp3) is 0.400. The van der Waals surface area contributed by atoms with Crippen LogP contribution in [-0.4, -0.2) is 29.9 Å². The van der Waals surface area contributed by atoms with E-state index in [1.807, 2.05) is 0 Å². The molecular formula is C15H21ClN4O3. The van der Waals surface area contributed by atoms with E-state index in [0.29, 0.717) is 16.4 Å². The van der Waals surface area contributed by atoms with Gasteiger partial charge >= 0.3 is 6.03 Å². The minimum atomic E-state index is -0.572. The molecule has 0 saturated carbocycles. The Hall–Kier alpha value is -2.28. The summed E-state index contributed by atoms with van der Waals surface area (Å²) in [6, 6.07) is 4.25. The van der Waals surface area contributed by atoms with Crippen LogP contribution in [0.5, 0.6) is 0 Å². The van der Waals surface area contributed by atoms with Gasteiger partial charge in [0.1, 0.15) is 0 Å². The van der Waals surface area contributed by atoms with E-state index in [1.54, 1.807) is 39.0 Å². The molecule has 0 saturated heterocycles. The Morgan fingerprint density at radius 2 is 1.78 bits per heavy atom. The van der Waals surface area contributed by atoms with Crippen LogP contribution in [-0.2, 0) is 9.59 Å². The lowest BCUT2D eigenvalue weighted by Gasteiger charge is -2.20. The number of anilines is 2. The van der Waals surface area contributed by atoms with E-state index in [-0.39, 0.29) is 12.5 Å². The molecule has 8 heteroatoms. The normalized spacial score (nSPS) is 10.7.